The highest BCUT2D eigenvalue weighted by atomic mass is 16.6. The molecule has 1 aromatic carbocycles. The van der Waals surface area contributed by atoms with Crippen LogP contribution in [0.25, 0.3) is 0 Å². The molecule has 0 spiro atoms. The van der Waals surface area contributed by atoms with Crippen LogP contribution in [0.15, 0.2) is 24.3 Å². The number of rotatable bonds is 6. The number of aliphatic carboxylic acids is 1. The molecular weight excluding hydrogens is 292 g/mol. The summed E-state index contributed by atoms with van der Waals surface area (Å²) < 4.78 is 9.93. The number of methoxy groups -OCH3 is 1. The van der Waals surface area contributed by atoms with Crippen LogP contribution in [-0.2, 0) is 20.9 Å². The maximum Gasteiger partial charge on any atom is 0.410 e. The Labute approximate surface area is 126 Å². The first-order valence-electron chi connectivity index (χ1n) is 6.57. The zero-order valence-corrected chi connectivity index (χ0v) is 11.9. The minimum absolute atomic E-state index is 0.0968. The van der Waals surface area contributed by atoms with E-state index >= 15 is 0 Å². The van der Waals surface area contributed by atoms with Gasteiger partial charge in [-0.3, -0.25) is 14.5 Å². The Bertz CT molecular complexity index is 571. The molecule has 8 nitrogen and oxygen atoms in total. The number of nitrogens with one attached hydrogen (secondary N) is 1. The van der Waals surface area contributed by atoms with Crippen LogP contribution in [-0.4, -0.2) is 54.3 Å². The highest BCUT2D eigenvalue weighted by Gasteiger charge is 2.38. The standard InChI is InChI=1S/C14H16N2O6/c1-21-10-4-2-9(3-5-10)7-16-11(8-22-14(16)20)13(19)15-6-12(17)18/h2-5,11H,6-8H2,1H3,(H,15,19)(H,17,18)/t11-/m0/s1. The molecule has 0 bridgehead atoms. The van der Waals surface area contributed by atoms with Gasteiger partial charge in [0.05, 0.1) is 13.7 Å². The third kappa shape index (κ3) is 3.66. The number of ether oxygens (including phenoxy) is 2. The van der Waals surface area contributed by atoms with E-state index in [9.17, 15) is 14.4 Å². The summed E-state index contributed by atoms with van der Waals surface area (Å²) in [6.07, 6.45) is -0.605. The van der Waals surface area contributed by atoms with E-state index in [1.165, 1.54) is 4.90 Å². The second-order valence-electron chi connectivity index (χ2n) is 4.68. The Morgan fingerprint density at radius 2 is 2.09 bits per heavy atom. The number of nitrogens with zero attached hydrogens (tertiary/aromatic N) is 1. The maximum absolute atomic E-state index is 11.9. The van der Waals surface area contributed by atoms with E-state index in [2.05, 4.69) is 5.32 Å². The van der Waals surface area contributed by atoms with Crippen LogP contribution in [0.5, 0.6) is 5.75 Å². The molecule has 2 amide bonds. The van der Waals surface area contributed by atoms with Crippen LogP contribution in [0, 0.1) is 0 Å². The molecule has 118 valence electrons. The zero-order chi connectivity index (χ0) is 16.1. The number of benzene rings is 1. The van der Waals surface area contributed by atoms with E-state index < -0.39 is 30.6 Å². The summed E-state index contributed by atoms with van der Waals surface area (Å²) in [4.78, 5) is 35.4. The fraction of sp³-hybridized carbons (Fsp3) is 0.357. The average Bonchev–Trinajstić information content (AvgIpc) is 2.87. The minimum Gasteiger partial charge on any atom is -0.497 e. The molecule has 1 heterocycles. The summed E-state index contributed by atoms with van der Waals surface area (Å²) in [7, 11) is 1.55. The number of carboxylic acid groups (broad SMARTS) is 1. The number of hydrogen-bond acceptors (Lipinski definition) is 5. The largest absolute Gasteiger partial charge is 0.497 e. The molecule has 1 aliphatic rings. The van der Waals surface area contributed by atoms with Gasteiger partial charge in [-0.2, -0.15) is 0 Å². The molecule has 8 heteroatoms. The van der Waals surface area contributed by atoms with Crippen LogP contribution >= 0.6 is 0 Å². The molecule has 0 radical (unpaired) electrons. The molecule has 0 aromatic heterocycles. The fourth-order valence-corrected chi connectivity index (χ4v) is 2.05. The van der Waals surface area contributed by atoms with Gasteiger partial charge in [0.2, 0.25) is 5.91 Å². The summed E-state index contributed by atoms with van der Waals surface area (Å²) in [5, 5.41) is 10.8. The highest BCUT2D eigenvalue weighted by molar-refractivity contribution is 5.89. The molecule has 2 N–H and O–H groups in total. The summed E-state index contributed by atoms with van der Waals surface area (Å²) in [6, 6.07) is 6.20. The van der Waals surface area contributed by atoms with Gasteiger partial charge < -0.3 is 19.9 Å². The van der Waals surface area contributed by atoms with E-state index in [1.54, 1.807) is 31.4 Å². The minimum atomic E-state index is -1.15. The normalized spacial score (nSPS) is 17.0. The van der Waals surface area contributed by atoms with Gasteiger partial charge in [-0.05, 0) is 17.7 Å². The van der Waals surface area contributed by atoms with Crippen LogP contribution in [0.2, 0.25) is 0 Å². The third-order valence-corrected chi connectivity index (χ3v) is 3.20. The van der Waals surface area contributed by atoms with Crippen molar-refractivity contribution < 1.29 is 29.0 Å². The van der Waals surface area contributed by atoms with Crippen LogP contribution < -0.4 is 10.1 Å². The van der Waals surface area contributed by atoms with Gasteiger partial charge in [0, 0.05) is 0 Å². The Morgan fingerprint density at radius 1 is 1.41 bits per heavy atom. The zero-order valence-electron chi connectivity index (χ0n) is 11.9. The molecule has 0 unspecified atom stereocenters. The van der Waals surface area contributed by atoms with Crippen molar-refractivity contribution >= 4 is 18.0 Å². The predicted molar refractivity (Wildman–Crippen MR) is 74.3 cm³/mol. The van der Waals surface area contributed by atoms with E-state index in [1.807, 2.05) is 0 Å². The van der Waals surface area contributed by atoms with Crippen molar-refractivity contribution in [2.75, 3.05) is 20.3 Å². The topological polar surface area (TPSA) is 105 Å². The molecule has 1 atom stereocenters. The SMILES string of the molecule is COc1ccc(CN2C(=O)OC[C@H]2C(=O)NCC(=O)O)cc1. The lowest BCUT2D eigenvalue weighted by molar-refractivity contribution is -0.138. The van der Waals surface area contributed by atoms with Crippen LogP contribution in [0.4, 0.5) is 4.79 Å². The summed E-state index contributed by atoms with van der Waals surface area (Å²) in [5.74, 6) is -1.02. The highest BCUT2D eigenvalue weighted by Crippen LogP contribution is 2.18. The number of amides is 2. The quantitative estimate of drug-likeness (QED) is 0.778. The lowest BCUT2D eigenvalue weighted by Gasteiger charge is -2.20. The Balaban J connectivity index is 2.03. The molecule has 1 aromatic rings. The van der Waals surface area contributed by atoms with E-state index in [4.69, 9.17) is 14.6 Å². The van der Waals surface area contributed by atoms with Gasteiger partial charge in [-0.15, -0.1) is 0 Å². The summed E-state index contributed by atoms with van der Waals surface area (Å²) in [6.45, 7) is -0.408. The molecule has 0 saturated carbocycles. The molecule has 22 heavy (non-hydrogen) atoms. The number of hydrogen-bond donors (Lipinski definition) is 2. The first kappa shape index (κ1) is 15.6. The number of carboxylic acids is 1. The van der Waals surface area contributed by atoms with Crippen LogP contribution in [0.1, 0.15) is 5.56 Å². The third-order valence-electron chi connectivity index (χ3n) is 3.20. The summed E-state index contributed by atoms with van der Waals surface area (Å²) >= 11 is 0. The molecule has 1 aliphatic heterocycles. The number of carbonyl (C=O) groups is 3. The molecule has 1 saturated heterocycles. The molecule has 2 rings (SSSR count). The second-order valence-corrected chi connectivity index (χ2v) is 4.68. The van der Waals surface area contributed by atoms with Crippen molar-refractivity contribution in [3.05, 3.63) is 29.8 Å². The van der Waals surface area contributed by atoms with Gasteiger partial charge in [0.1, 0.15) is 24.9 Å². The molecular formula is C14H16N2O6. The average molecular weight is 308 g/mol. The maximum atomic E-state index is 11.9. The first-order valence-corrected chi connectivity index (χ1v) is 6.57. The van der Waals surface area contributed by atoms with Crippen LogP contribution in [0.3, 0.4) is 0 Å². The van der Waals surface area contributed by atoms with Crippen molar-refractivity contribution in [2.24, 2.45) is 0 Å². The van der Waals surface area contributed by atoms with Gasteiger partial charge in [0.15, 0.2) is 0 Å². The van der Waals surface area contributed by atoms with E-state index in [0.717, 1.165) is 5.56 Å². The van der Waals surface area contributed by atoms with Crippen molar-refractivity contribution in [2.45, 2.75) is 12.6 Å². The van der Waals surface area contributed by atoms with Crippen molar-refractivity contribution in [3.8, 4) is 5.75 Å². The lowest BCUT2D eigenvalue weighted by Crippen LogP contribution is -2.46. The monoisotopic (exact) mass is 308 g/mol. The molecule has 0 aliphatic carbocycles. The van der Waals surface area contributed by atoms with Crippen molar-refractivity contribution in [3.63, 3.8) is 0 Å². The lowest BCUT2D eigenvalue weighted by atomic mass is 10.1. The Hall–Kier alpha value is -2.77. The van der Waals surface area contributed by atoms with Gasteiger partial charge >= 0.3 is 12.1 Å². The predicted octanol–water partition coefficient (Wildman–Crippen LogP) is 0.217. The van der Waals surface area contributed by atoms with Gasteiger partial charge in [0.25, 0.3) is 0 Å². The Morgan fingerprint density at radius 3 is 2.68 bits per heavy atom. The fourth-order valence-electron chi connectivity index (χ4n) is 2.05. The molecule has 1 fully saturated rings. The summed E-state index contributed by atoms with van der Waals surface area (Å²) in [5.41, 5.74) is 0.802. The van der Waals surface area contributed by atoms with E-state index in [0.29, 0.717) is 5.75 Å². The van der Waals surface area contributed by atoms with Gasteiger partial charge in [-0.25, -0.2) is 4.79 Å². The number of cyclic esters (lactones) is 1. The smallest absolute Gasteiger partial charge is 0.410 e. The number of carbonyl (C=O) groups excluding carboxylic acids is 2. The second kappa shape index (κ2) is 6.79. The van der Waals surface area contributed by atoms with Gasteiger partial charge in [-0.1, -0.05) is 12.1 Å². The Kier molecular flexibility index (Phi) is 4.82. The van der Waals surface area contributed by atoms with Crippen molar-refractivity contribution in [1.29, 1.82) is 0 Å². The van der Waals surface area contributed by atoms with E-state index in [-0.39, 0.29) is 13.2 Å². The first-order chi connectivity index (χ1) is 10.5. The van der Waals surface area contributed by atoms with Crippen molar-refractivity contribution in [1.82, 2.24) is 10.2 Å².